The maximum atomic E-state index is 12.5. The number of fused-ring (bicyclic) bond motifs is 4. The molecule has 11 aromatic heterocycles. The fourth-order valence-corrected chi connectivity index (χ4v) is 13.9. The van der Waals surface area contributed by atoms with Crippen LogP contribution < -0.4 is 10.9 Å². The summed E-state index contributed by atoms with van der Waals surface area (Å²) in [5.74, 6) is 0.528. The number of nitrogens with zero attached hydrogens (tertiary/aromatic N) is 15. The molecule has 0 unspecified atom stereocenters. The minimum Gasteiger partial charge on any atom is -0.465 e. The maximum absolute atomic E-state index is 12.5. The summed E-state index contributed by atoms with van der Waals surface area (Å²) in [6.07, 6.45) is 6.82. The van der Waals surface area contributed by atoms with Crippen molar-refractivity contribution in [3.8, 4) is 45.8 Å². The number of methoxy groups -OCH3 is 4. The second-order valence-electron chi connectivity index (χ2n) is 31.7. The molecule has 33 heteroatoms. The smallest absolute Gasteiger partial charge is 0.465 e. The van der Waals surface area contributed by atoms with Crippen LogP contribution in [0, 0.1) is 27.7 Å². The van der Waals surface area contributed by atoms with Crippen LogP contribution in [0.1, 0.15) is 172 Å². The Morgan fingerprint density at radius 2 is 0.675 bits per heavy atom. The molecule has 4 aromatic carbocycles. The third-order valence-corrected chi connectivity index (χ3v) is 22.1. The fraction of sp³-hybridized carbons (Fsp3) is 0.247. The summed E-state index contributed by atoms with van der Waals surface area (Å²) < 4.78 is 52.0. The minimum atomic E-state index is -0.610. The molecule has 2 aliphatic rings. The number of aromatic nitrogens is 15. The Labute approximate surface area is 734 Å². The summed E-state index contributed by atoms with van der Waals surface area (Å²) in [5.41, 5.74) is 10.9. The van der Waals surface area contributed by atoms with Gasteiger partial charge in [-0.25, -0.2) is 72.8 Å². The van der Waals surface area contributed by atoms with Gasteiger partial charge in [0.1, 0.15) is 21.7 Å². The maximum Gasteiger partial charge on any atom is 0.494 e. The average Bonchev–Trinajstić information content (AvgIpc) is 1.61. The van der Waals surface area contributed by atoms with E-state index in [0.717, 1.165) is 39.2 Å². The number of esters is 4. The van der Waals surface area contributed by atoms with Crippen molar-refractivity contribution in [2.45, 2.75) is 126 Å². The highest BCUT2D eigenvalue weighted by Crippen LogP contribution is 2.40. The van der Waals surface area contributed by atoms with Crippen molar-refractivity contribution in [3.05, 3.63) is 267 Å². The van der Waals surface area contributed by atoms with Gasteiger partial charge < -0.3 is 37.6 Å². The Morgan fingerprint density at radius 1 is 0.357 bits per heavy atom. The molecule has 126 heavy (non-hydrogen) atoms. The van der Waals surface area contributed by atoms with Crippen LogP contribution in [0.4, 0.5) is 0 Å². The van der Waals surface area contributed by atoms with E-state index in [-0.39, 0.29) is 17.3 Å². The normalized spacial score (nSPS) is 13.9. The monoisotopic (exact) mass is 1760 g/mol. The predicted molar refractivity (Wildman–Crippen MR) is 480 cm³/mol. The third kappa shape index (κ3) is 19.4. The Kier molecular flexibility index (Phi) is 26.3. The number of carbonyl (C=O) groups is 7. The zero-order valence-electron chi connectivity index (χ0n) is 72.9. The van der Waals surface area contributed by atoms with Crippen LogP contribution in [-0.4, -0.2) is 180 Å². The van der Waals surface area contributed by atoms with Crippen LogP contribution in [0.15, 0.2) is 205 Å². The minimum absolute atomic E-state index is 0.0127. The van der Waals surface area contributed by atoms with E-state index in [2.05, 4.69) is 71.2 Å². The van der Waals surface area contributed by atoms with Gasteiger partial charge in [-0.05, 0) is 243 Å². The van der Waals surface area contributed by atoms with Gasteiger partial charge >= 0.3 is 38.1 Å². The first kappa shape index (κ1) is 89.9. The van der Waals surface area contributed by atoms with Gasteiger partial charge in [-0.3, -0.25) is 14.4 Å². The Balaban J connectivity index is 0.000000139. The highest BCUT2D eigenvalue weighted by molar-refractivity contribution is 9.10. The molecule has 2 saturated heterocycles. The molecular formula is C93H90B2BrN15O15. The van der Waals surface area contributed by atoms with Gasteiger partial charge in [0.05, 0.1) is 119 Å². The van der Waals surface area contributed by atoms with Crippen LogP contribution in [-0.2, 0) is 37.6 Å². The molecular weight excluding hydrogens is 1670 g/mol. The van der Waals surface area contributed by atoms with Gasteiger partial charge in [0.2, 0.25) is 0 Å². The summed E-state index contributed by atoms with van der Waals surface area (Å²) in [4.78, 5) is 115. The number of hydrogen-bond acceptors (Lipinski definition) is 26. The summed E-state index contributed by atoms with van der Waals surface area (Å²) in [6, 6.07) is 52.8. The van der Waals surface area contributed by atoms with Crippen molar-refractivity contribution in [3.63, 3.8) is 0 Å². The van der Waals surface area contributed by atoms with Crippen LogP contribution in [0.5, 0.6) is 0 Å². The fourth-order valence-electron chi connectivity index (χ4n) is 13.6. The predicted octanol–water partition coefficient (Wildman–Crippen LogP) is 15.2. The molecule has 0 aliphatic carbocycles. The van der Waals surface area contributed by atoms with Crippen molar-refractivity contribution < 1.29 is 71.1 Å². The number of rotatable bonds is 15. The number of pyridine rings is 7. The number of aryl methyl sites for hydroxylation is 4. The number of hydrogen-bond donors (Lipinski definition) is 0. The lowest BCUT2D eigenvalue weighted by Crippen LogP contribution is -2.41. The van der Waals surface area contributed by atoms with E-state index < -0.39 is 60.5 Å². The highest BCUT2D eigenvalue weighted by atomic mass is 79.9. The van der Waals surface area contributed by atoms with E-state index in [1.807, 2.05) is 180 Å². The van der Waals surface area contributed by atoms with E-state index in [1.54, 1.807) is 122 Å². The molecule has 0 amide bonds. The molecule has 0 bridgehead atoms. The highest BCUT2D eigenvalue weighted by Gasteiger charge is 2.53. The lowest BCUT2D eigenvalue weighted by molar-refractivity contribution is 0.00578. The van der Waals surface area contributed by atoms with Crippen LogP contribution in [0.3, 0.4) is 0 Å². The van der Waals surface area contributed by atoms with Crippen molar-refractivity contribution in [2.75, 3.05) is 28.4 Å². The first-order valence-corrected chi connectivity index (χ1v) is 40.7. The van der Waals surface area contributed by atoms with Gasteiger partial charge in [-0.15, -0.1) is 0 Å². The van der Waals surface area contributed by atoms with Crippen molar-refractivity contribution in [1.82, 2.24) is 74.0 Å². The second kappa shape index (κ2) is 36.9. The number of Topliss-reactive ketones (excluding diaryl/α,β-unsaturated/α-hetero) is 3. The first-order valence-electron chi connectivity index (χ1n) is 39.9. The summed E-state index contributed by atoms with van der Waals surface area (Å²) in [6.45, 7) is 28.0. The molecule has 0 saturated carbocycles. The number of benzene rings is 4. The first-order chi connectivity index (χ1) is 59.9. The van der Waals surface area contributed by atoms with E-state index in [0.29, 0.717) is 128 Å². The quantitative estimate of drug-likeness (QED) is 0.0302. The topological polar surface area (TPSA) is 355 Å². The van der Waals surface area contributed by atoms with Crippen molar-refractivity contribution >= 4 is 126 Å². The summed E-state index contributed by atoms with van der Waals surface area (Å²) in [7, 11) is 4.19. The Morgan fingerprint density at radius 3 is 1.05 bits per heavy atom. The van der Waals surface area contributed by atoms with Crippen molar-refractivity contribution in [2.24, 2.45) is 0 Å². The number of halogens is 1. The Bertz CT molecular complexity index is 6690. The standard InChI is InChI=1S/2C22H18N4O3.2C21H24BN3O4.C7H6BrNO/c1-13-6-4-9-21(23-13)26-12-17-16(22(28)29-3)10-15(11-20(17)25-26)19-8-5-7-18(24-19)14(2)27;1-13-6-4-9-21(24-13)26-20-11-15(19-8-5-7-18(25-19)14(2)27)10-16(22(28)29-3)17(20)12-23-26;1-13-8-7-9-18(23-13)25-12-16-15(19(26)27-6)10-14(11-17(16)24-25)22-28-20(2,3)21(4,5)29-22;1-13-8-7-9-18(24-13)25-17-11-14(22-28-20(2,3)21(4,5)29-22)10-15(19(26)27-6)16(17)12-23-25;1-5(10)6-3-2-4-7(8)9-6/h2*4-12H,1-3H3;2*7-12H,1-6H3;2-4H,1H3. The number of ether oxygens (including phenoxy) is 4. The second-order valence-corrected chi connectivity index (χ2v) is 32.5. The van der Waals surface area contributed by atoms with Gasteiger partial charge in [0.25, 0.3) is 0 Å². The van der Waals surface area contributed by atoms with E-state index in [1.165, 1.54) is 49.2 Å². The van der Waals surface area contributed by atoms with Gasteiger partial charge in [-0.1, -0.05) is 42.5 Å². The molecule has 13 heterocycles. The van der Waals surface area contributed by atoms with Crippen molar-refractivity contribution in [1.29, 1.82) is 0 Å². The summed E-state index contributed by atoms with van der Waals surface area (Å²) >= 11 is 3.17. The molecule has 0 radical (unpaired) electrons. The number of ketones is 3. The van der Waals surface area contributed by atoms with E-state index >= 15 is 0 Å². The number of carbonyl (C=O) groups excluding carboxylic acids is 7. The SMILES string of the molecule is CC(=O)c1cccc(Br)n1.COC(=O)c1cc(-c2cccc(C(C)=O)n2)cc2c1cnn2-c1cccc(C)n1.COC(=O)c1cc(-c2cccc(C(C)=O)n2)cc2nn(-c3cccc(C)n3)cc12.COC(=O)c1cc(B2OC(C)(C)C(C)(C)O2)cc2c1cnn2-c1cccc(C)n1.COC(=O)c1cc(B2OC(C)(C)C(C)(C)O2)cc2nn(-c3cccc(C)n3)cc12. The largest absolute Gasteiger partial charge is 0.494 e. The van der Waals surface area contributed by atoms with Crippen LogP contribution >= 0.6 is 15.9 Å². The molecule has 30 nitrogen and oxygen atoms in total. The van der Waals surface area contributed by atoms with E-state index in [4.69, 9.17) is 37.6 Å². The van der Waals surface area contributed by atoms with Crippen LogP contribution in [0.25, 0.3) is 89.4 Å². The Hall–Kier alpha value is -13.9. The zero-order valence-corrected chi connectivity index (χ0v) is 74.5. The van der Waals surface area contributed by atoms with Gasteiger partial charge in [-0.2, -0.15) is 20.4 Å². The zero-order chi connectivity index (χ0) is 90.6. The third-order valence-electron chi connectivity index (χ3n) is 21.6. The summed E-state index contributed by atoms with van der Waals surface area (Å²) in [5, 5.41) is 20.8. The lowest BCUT2D eigenvalue weighted by atomic mass is 9.77. The molecule has 640 valence electrons. The molecule has 17 rings (SSSR count). The molecule has 15 aromatic rings. The van der Waals surface area contributed by atoms with Gasteiger partial charge in [0, 0.05) is 88.6 Å². The van der Waals surface area contributed by atoms with Gasteiger partial charge in [0.15, 0.2) is 40.6 Å². The molecule has 0 N–H and O–H groups in total. The molecule has 2 fully saturated rings. The molecule has 2 aliphatic heterocycles. The molecule has 0 atom stereocenters. The lowest BCUT2D eigenvalue weighted by Gasteiger charge is -2.32. The average molecular weight is 1760 g/mol. The van der Waals surface area contributed by atoms with E-state index in [9.17, 15) is 33.6 Å². The van der Waals surface area contributed by atoms with Crippen LogP contribution in [0.2, 0.25) is 0 Å². The molecule has 0 spiro atoms.